The fourth-order valence-electron chi connectivity index (χ4n) is 2.27. The minimum absolute atomic E-state index is 0.122. The fourth-order valence-corrected chi connectivity index (χ4v) is 2.27. The molecule has 3 aromatic rings. The second-order valence-electron chi connectivity index (χ2n) is 5.65. The summed E-state index contributed by atoms with van der Waals surface area (Å²) in [7, 11) is 0. The molecule has 3 N–H and O–H groups in total. The molecule has 0 spiro atoms. The molecule has 7 nitrogen and oxygen atoms in total. The van der Waals surface area contributed by atoms with Gasteiger partial charge in [-0.3, -0.25) is 9.59 Å². The molecule has 27 heavy (non-hydrogen) atoms. The number of aromatic nitrogens is 2. The standard InChI is InChI=1S/C19H16FN5O2/c1-12(26)21-15-3-2-4-16(11-15)22-18-10-9-17(24-25-18)19(27)23-14-7-5-13(20)6-8-14/h2-11H,1H3,(H,21,26)(H,22,25)(H,23,27). The van der Waals surface area contributed by atoms with Gasteiger partial charge in [0.15, 0.2) is 11.5 Å². The quantitative estimate of drug-likeness (QED) is 0.642. The van der Waals surface area contributed by atoms with Gasteiger partial charge in [0.25, 0.3) is 5.91 Å². The fraction of sp³-hybridized carbons (Fsp3) is 0.0526. The molecule has 2 aromatic carbocycles. The molecule has 3 rings (SSSR count). The zero-order valence-electron chi connectivity index (χ0n) is 14.4. The number of nitrogens with zero attached hydrogens (tertiary/aromatic N) is 2. The zero-order chi connectivity index (χ0) is 19.2. The predicted octanol–water partition coefficient (Wildman–Crippen LogP) is 3.57. The van der Waals surface area contributed by atoms with Crippen molar-refractivity contribution in [2.45, 2.75) is 6.92 Å². The van der Waals surface area contributed by atoms with Crippen molar-refractivity contribution in [3.05, 3.63) is 72.2 Å². The number of benzene rings is 2. The van der Waals surface area contributed by atoms with Gasteiger partial charge in [0, 0.05) is 24.0 Å². The van der Waals surface area contributed by atoms with Crippen LogP contribution in [0.3, 0.4) is 0 Å². The van der Waals surface area contributed by atoms with Crippen LogP contribution in [-0.2, 0) is 4.79 Å². The number of anilines is 4. The summed E-state index contributed by atoms with van der Waals surface area (Å²) < 4.78 is 12.9. The summed E-state index contributed by atoms with van der Waals surface area (Å²) >= 11 is 0. The van der Waals surface area contributed by atoms with E-state index in [1.54, 1.807) is 24.3 Å². The van der Waals surface area contributed by atoms with Crippen LogP contribution in [0.25, 0.3) is 0 Å². The van der Waals surface area contributed by atoms with Crippen LogP contribution in [0.4, 0.5) is 27.3 Å². The Hall–Kier alpha value is -3.81. The van der Waals surface area contributed by atoms with Crippen LogP contribution >= 0.6 is 0 Å². The van der Waals surface area contributed by atoms with Gasteiger partial charge in [-0.1, -0.05) is 6.07 Å². The highest BCUT2D eigenvalue weighted by atomic mass is 19.1. The molecule has 8 heteroatoms. The first-order valence-electron chi connectivity index (χ1n) is 8.05. The molecule has 0 fully saturated rings. The molecule has 0 atom stereocenters. The maximum absolute atomic E-state index is 12.9. The minimum atomic E-state index is -0.451. The van der Waals surface area contributed by atoms with Crippen molar-refractivity contribution in [2.24, 2.45) is 0 Å². The van der Waals surface area contributed by atoms with E-state index in [0.29, 0.717) is 22.9 Å². The summed E-state index contributed by atoms with van der Waals surface area (Å²) in [6.45, 7) is 1.43. The predicted molar refractivity (Wildman–Crippen MR) is 100 cm³/mol. The summed E-state index contributed by atoms with van der Waals surface area (Å²) in [5.74, 6) is -0.559. The van der Waals surface area contributed by atoms with Crippen molar-refractivity contribution in [1.82, 2.24) is 10.2 Å². The number of carbonyl (C=O) groups excluding carboxylic acids is 2. The van der Waals surface area contributed by atoms with Crippen LogP contribution in [0.5, 0.6) is 0 Å². The van der Waals surface area contributed by atoms with Crippen LogP contribution in [0, 0.1) is 5.82 Å². The Balaban J connectivity index is 1.65. The molecule has 1 aromatic heterocycles. The Labute approximate surface area is 154 Å². The lowest BCUT2D eigenvalue weighted by Gasteiger charge is -2.08. The van der Waals surface area contributed by atoms with E-state index in [0.717, 1.165) is 0 Å². The van der Waals surface area contributed by atoms with Crippen LogP contribution in [0.15, 0.2) is 60.7 Å². The van der Waals surface area contributed by atoms with Crippen LogP contribution < -0.4 is 16.0 Å². The van der Waals surface area contributed by atoms with E-state index < -0.39 is 5.91 Å². The van der Waals surface area contributed by atoms with E-state index in [9.17, 15) is 14.0 Å². The molecule has 0 saturated carbocycles. The molecule has 2 amide bonds. The molecule has 0 unspecified atom stereocenters. The first kappa shape index (κ1) is 18.0. The molecule has 136 valence electrons. The van der Waals surface area contributed by atoms with Gasteiger partial charge in [-0.25, -0.2) is 4.39 Å². The van der Waals surface area contributed by atoms with Crippen molar-refractivity contribution in [1.29, 1.82) is 0 Å². The highest BCUT2D eigenvalue weighted by Gasteiger charge is 2.09. The van der Waals surface area contributed by atoms with E-state index >= 15 is 0 Å². The number of halogens is 1. The Morgan fingerprint density at radius 2 is 1.59 bits per heavy atom. The molecule has 0 saturated heterocycles. The minimum Gasteiger partial charge on any atom is -0.339 e. The van der Waals surface area contributed by atoms with Crippen molar-refractivity contribution in [2.75, 3.05) is 16.0 Å². The molecule has 0 aliphatic rings. The van der Waals surface area contributed by atoms with Gasteiger partial charge in [0.05, 0.1) is 0 Å². The Morgan fingerprint density at radius 3 is 2.26 bits per heavy atom. The molecule has 0 radical (unpaired) electrons. The third-order valence-corrected chi connectivity index (χ3v) is 3.45. The van der Waals surface area contributed by atoms with Crippen LogP contribution in [0.1, 0.15) is 17.4 Å². The van der Waals surface area contributed by atoms with E-state index in [-0.39, 0.29) is 17.4 Å². The topological polar surface area (TPSA) is 96.0 Å². The van der Waals surface area contributed by atoms with Crippen molar-refractivity contribution < 1.29 is 14.0 Å². The Morgan fingerprint density at radius 1 is 0.852 bits per heavy atom. The summed E-state index contributed by atoms with van der Waals surface area (Å²) in [5, 5.41) is 16.2. The number of hydrogen-bond donors (Lipinski definition) is 3. The zero-order valence-corrected chi connectivity index (χ0v) is 14.4. The lowest BCUT2D eigenvalue weighted by molar-refractivity contribution is -0.114. The Kier molecular flexibility index (Phi) is 5.36. The van der Waals surface area contributed by atoms with E-state index in [2.05, 4.69) is 26.1 Å². The normalized spacial score (nSPS) is 10.1. The van der Waals surface area contributed by atoms with Crippen molar-refractivity contribution in [3.63, 3.8) is 0 Å². The maximum atomic E-state index is 12.9. The molecule has 0 bridgehead atoms. The number of rotatable bonds is 5. The van der Waals surface area contributed by atoms with Gasteiger partial charge < -0.3 is 16.0 Å². The van der Waals surface area contributed by atoms with Gasteiger partial charge in [-0.05, 0) is 54.6 Å². The lowest BCUT2D eigenvalue weighted by Crippen LogP contribution is -2.14. The summed E-state index contributed by atoms with van der Waals surface area (Å²) in [6.07, 6.45) is 0. The highest BCUT2D eigenvalue weighted by molar-refractivity contribution is 6.02. The summed E-state index contributed by atoms with van der Waals surface area (Å²) in [4.78, 5) is 23.3. The number of amides is 2. The number of carbonyl (C=O) groups is 2. The maximum Gasteiger partial charge on any atom is 0.276 e. The number of nitrogens with one attached hydrogen (secondary N) is 3. The molecule has 0 aliphatic heterocycles. The summed E-state index contributed by atoms with van der Waals surface area (Å²) in [6, 6.07) is 15.7. The van der Waals surface area contributed by atoms with Gasteiger partial charge in [-0.2, -0.15) is 0 Å². The molecular formula is C19H16FN5O2. The van der Waals surface area contributed by atoms with Crippen LogP contribution in [-0.4, -0.2) is 22.0 Å². The second-order valence-corrected chi connectivity index (χ2v) is 5.65. The molecule has 1 heterocycles. The van der Waals surface area contributed by atoms with Gasteiger partial charge >= 0.3 is 0 Å². The first-order chi connectivity index (χ1) is 13.0. The van der Waals surface area contributed by atoms with Gasteiger partial charge in [0.1, 0.15) is 5.82 Å². The van der Waals surface area contributed by atoms with Gasteiger partial charge in [0.2, 0.25) is 5.91 Å². The third kappa shape index (κ3) is 5.08. The van der Waals surface area contributed by atoms with Crippen LogP contribution in [0.2, 0.25) is 0 Å². The van der Waals surface area contributed by atoms with Gasteiger partial charge in [-0.15, -0.1) is 10.2 Å². The van der Waals surface area contributed by atoms with E-state index in [1.807, 2.05) is 6.07 Å². The lowest BCUT2D eigenvalue weighted by atomic mass is 10.2. The first-order valence-corrected chi connectivity index (χ1v) is 8.05. The van der Waals surface area contributed by atoms with Crippen molar-refractivity contribution in [3.8, 4) is 0 Å². The SMILES string of the molecule is CC(=O)Nc1cccc(Nc2ccc(C(=O)Nc3ccc(F)cc3)nn2)c1. The Bertz CT molecular complexity index is 959. The highest BCUT2D eigenvalue weighted by Crippen LogP contribution is 2.19. The third-order valence-electron chi connectivity index (χ3n) is 3.45. The summed E-state index contributed by atoms with van der Waals surface area (Å²) in [5.41, 5.74) is 1.94. The average molecular weight is 365 g/mol. The van der Waals surface area contributed by atoms with Crippen molar-refractivity contribution >= 4 is 34.7 Å². The largest absolute Gasteiger partial charge is 0.339 e. The smallest absolute Gasteiger partial charge is 0.276 e. The van der Waals surface area contributed by atoms with E-state index in [4.69, 9.17) is 0 Å². The average Bonchev–Trinajstić information content (AvgIpc) is 2.64. The molecular weight excluding hydrogens is 349 g/mol. The number of hydrogen-bond acceptors (Lipinski definition) is 5. The second kappa shape index (κ2) is 8.05. The molecule has 0 aliphatic carbocycles. The monoisotopic (exact) mass is 365 g/mol. The van der Waals surface area contributed by atoms with E-state index in [1.165, 1.54) is 37.3 Å².